The standard InChI is InChI=1S/C23H23N3O3/c1-16-25-20-5-3-4-6-21(20)26(16)15-19-11-12-22(29-19)23(27)24-14-13-17-7-9-18(28-2)10-8-17/h3-12H,13-15H2,1-2H3,(H,24,27). The van der Waals surface area contributed by atoms with Crippen LogP contribution in [-0.4, -0.2) is 29.1 Å². The Morgan fingerprint density at radius 1 is 1.10 bits per heavy atom. The lowest BCUT2D eigenvalue weighted by molar-refractivity contribution is 0.0924. The van der Waals surface area contributed by atoms with Gasteiger partial charge in [0.2, 0.25) is 0 Å². The normalized spacial score (nSPS) is 11.0. The third-order valence-corrected chi connectivity index (χ3v) is 4.90. The first kappa shape index (κ1) is 18.8. The van der Waals surface area contributed by atoms with Crippen LogP contribution in [0.1, 0.15) is 27.7 Å². The first-order chi connectivity index (χ1) is 14.1. The van der Waals surface area contributed by atoms with E-state index in [1.165, 1.54) is 0 Å². The van der Waals surface area contributed by atoms with Crippen LogP contribution < -0.4 is 10.1 Å². The van der Waals surface area contributed by atoms with E-state index in [9.17, 15) is 4.79 Å². The van der Waals surface area contributed by atoms with Crippen molar-refractivity contribution in [1.29, 1.82) is 0 Å². The number of furan rings is 1. The lowest BCUT2D eigenvalue weighted by atomic mass is 10.1. The Kier molecular flexibility index (Phi) is 5.33. The van der Waals surface area contributed by atoms with E-state index >= 15 is 0 Å². The number of hydrogen-bond donors (Lipinski definition) is 1. The van der Waals surface area contributed by atoms with Gasteiger partial charge in [-0.15, -0.1) is 0 Å². The molecular weight excluding hydrogens is 366 g/mol. The van der Waals surface area contributed by atoms with Gasteiger partial charge < -0.3 is 19.0 Å². The summed E-state index contributed by atoms with van der Waals surface area (Å²) < 4.78 is 13.0. The van der Waals surface area contributed by atoms with Gasteiger partial charge in [-0.2, -0.15) is 0 Å². The fourth-order valence-electron chi connectivity index (χ4n) is 3.34. The van der Waals surface area contributed by atoms with Gasteiger partial charge in [0.25, 0.3) is 5.91 Å². The average Bonchev–Trinajstić information content (AvgIpc) is 3.33. The lowest BCUT2D eigenvalue weighted by Gasteiger charge is -2.06. The molecule has 4 aromatic rings. The average molecular weight is 389 g/mol. The van der Waals surface area contributed by atoms with Gasteiger partial charge in [-0.1, -0.05) is 24.3 Å². The number of imidazole rings is 1. The van der Waals surface area contributed by atoms with Gasteiger partial charge in [0, 0.05) is 6.54 Å². The monoisotopic (exact) mass is 389 g/mol. The van der Waals surface area contributed by atoms with Crippen molar-refractivity contribution in [1.82, 2.24) is 14.9 Å². The summed E-state index contributed by atoms with van der Waals surface area (Å²) in [5, 5.41) is 2.91. The Morgan fingerprint density at radius 3 is 2.69 bits per heavy atom. The van der Waals surface area contributed by atoms with E-state index in [1.807, 2.05) is 61.5 Å². The highest BCUT2D eigenvalue weighted by Crippen LogP contribution is 2.18. The van der Waals surface area contributed by atoms with Crippen molar-refractivity contribution in [3.05, 3.63) is 83.6 Å². The molecule has 0 fully saturated rings. The molecule has 2 aromatic heterocycles. The van der Waals surface area contributed by atoms with Gasteiger partial charge in [0.15, 0.2) is 5.76 Å². The van der Waals surface area contributed by atoms with Crippen molar-refractivity contribution < 1.29 is 13.9 Å². The minimum absolute atomic E-state index is 0.211. The van der Waals surface area contributed by atoms with Crippen LogP contribution in [0.2, 0.25) is 0 Å². The quantitative estimate of drug-likeness (QED) is 0.519. The zero-order valence-corrected chi connectivity index (χ0v) is 16.5. The van der Waals surface area contributed by atoms with Crippen molar-refractivity contribution in [2.45, 2.75) is 19.9 Å². The topological polar surface area (TPSA) is 69.3 Å². The molecule has 0 spiro atoms. The summed E-state index contributed by atoms with van der Waals surface area (Å²) in [4.78, 5) is 17.0. The molecule has 4 rings (SSSR count). The summed E-state index contributed by atoms with van der Waals surface area (Å²) in [6, 6.07) is 19.4. The largest absolute Gasteiger partial charge is 0.497 e. The van der Waals surface area contributed by atoms with E-state index in [0.717, 1.165) is 40.4 Å². The highest BCUT2D eigenvalue weighted by molar-refractivity contribution is 5.91. The van der Waals surface area contributed by atoms with Gasteiger partial charge in [0.05, 0.1) is 24.7 Å². The number of fused-ring (bicyclic) bond motifs is 1. The Morgan fingerprint density at radius 2 is 1.90 bits per heavy atom. The number of nitrogens with one attached hydrogen (secondary N) is 1. The molecule has 29 heavy (non-hydrogen) atoms. The van der Waals surface area contributed by atoms with Crippen LogP contribution in [0.15, 0.2) is 65.1 Å². The fourth-order valence-corrected chi connectivity index (χ4v) is 3.34. The molecule has 148 valence electrons. The van der Waals surface area contributed by atoms with E-state index in [1.54, 1.807) is 13.2 Å². The van der Waals surface area contributed by atoms with Gasteiger partial charge in [0.1, 0.15) is 17.3 Å². The Bertz CT molecular complexity index is 1130. The van der Waals surface area contributed by atoms with Crippen LogP contribution >= 0.6 is 0 Å². The highest BCUT2D eigenvalue weighted by Gasteiger charge is 2.13. The van der Waals surface area contributed by atoms with E-state index in [2.05, 4.69) is 14.9 Å². The molecule has 1 N–H and O–H groups in total. The Hall–Kier alpha value is -3.54. The number of aryl methyl sites for hydroxylation is 1. The second-order valence-corrected chi connectivity index (χ2v) is 6.85. The molecule has 6 nitrogen and oxygen atoms in total. The molecule has 2 heterocycles. The number of amides is 1. The summed E-state index contributed by atoms with van der Waals surface area (Å²) in [5.41, 5.74) is 3.13. The number of aromatic nitrogens is 2. The Labute approximate surface area is 169 Å². The summed E-state index contributed by atoms with van der Waals surface area (Å²) in [6.07, 6.45) is 0.740. The second kappa shape index (κ2) is 8.22. The van der Waals surface area contributed by atoms with E-state index in [-0.39, 0.29) is 5.91 Å². The maximum absolute atomic E-state index is 12.4. The number of para-hydroxylation sites is 2. The minimum atomic E-state index is -0.211. The fraction of sp³-hybridized carbons (Fsp3) is 0.217. The summed E-state index contributed by atoms with van der Waals surface area (Å²) in [7, 11) is 1.64. The zero-order chi connectivity index (χ0) is 20.2. The number of ether oxygens (including phenoxy) is 1. The number of methoxy groups -OCH3 is 1. The smallest absolute Gasteiger partial charge is 0.287 e. The number of carbonyl (C=O) groups is 1. The predicted molar refractivity (Wildman–Crippen MR) is 111 cm³/mol. The summed E-state index contributed by atoms with van der Waals surface area (Å²) >= 11 is 0. The van der Waals surface area contributed by atoms with E-state index in [0.29, 0.717) is 18.8 Å². The molecule has 0 bridgehead atoms. The number of carbonyl (C=O) groups excluding carboxylic acids is 1. The molecule has 2 aromatic carbocycles. The van der Waals surface area contributed by atoms with Crippen molar-refractivity contribution in [3.63, 3.8) is 0 Å². The van der Waals surface area contributed by atoms with Crippen molar-refractivity contribution >= 4 is 16.9 Å². The maximum Gasteiger partial charge on any atom is 0.287 e. The van der Waals surface area contributed by atoms with Crippen LogP contribution in [0.5, 0.6) is 5.75 Å². The molecule has 0 aliphatic heterocycles. The first-order valence-corrected chi connectivity index (χ1v) is 9.56. The lowest BCUT2D eigenvalue weighted by Crippen LogP contribution is -2.25. The minimum Gasteiger partial charge on any atom is -0.497 e. The van der Waals surface area contributed by atoms with Crippen LogP contribution in [-0.2, 0) is 13.0 Å². The van der Waals surface area contributed by atoms with Crippen LogP contribution in [0.3, 0.4) is 0 Å². The molecule has 0 aliphatic rings. The third-order valence-electron chi connectivity index (χ3n) is 4.90. The van der Waals surface area contributed by atoms with Crippen LogP contribution in [0.25, 0.3) is 11.0 Å². The molecule has 0 saturated carbocycles. The maximum atomic E-state index is 12.4. The number of benzene rings is 2. The molecule has 0 unspecified atom stereocenters. The van der Waals surface area contributed by atoms with E-state index < -0.39 is 0 Å². The molecule has 0 radical (unpaired) electrons. The van der Waals surface area contributed by atoms with Gasteiger partial charge in [-0.05, 0) is 55.3 Å². The molecule has 1 amide bonds. The van der Waals surface area contributed by atoms with Crippen LogP contribution in [0, 0.1) is 6.92 Å². The van der Waals surface area contributed by atoms with Gasteiger partial charge >= 0.3 is 0 Å². The summed E-state index contributed by atoms with van der Waals surface area (Å²) in [5.74, 6) is 2.56. The van der Waals surface area contributed by atoms with Crippen molar-refractivity contribution in [2.24, 2.45) is 0 Å². The third kappa shape index (κ3) is 4.16. The van der Waals surface area contributed by atoms with Crippen LogP contribution in [0.4, 0.5) is 0 Å². The Balaban J connectivity index is 1.36. The van der Waals surface area contributed by atoms with Crippen molar-refractivity contribution in [3.8, 4) is 5.75 Å². The van der Waals surface area contributed by atoms with E-state index in [4.69, 9.17) is 9.15 Å². The second-order valence-electron chi connectivity index (χ2n) is 6.85. The molecule has 0 atom stereocenters. The first-order valence-electron chi connectivity index (χ1n) is 9.56. The molecule has 0 saturated heterocycles. The van der Waals surface area contributed by atoms with Crippen molar-refractivity contribution in [2.75, 3.05) is 13.7 Å². The van der Waals surface area contributed by atoms with Gasteiger partial charge in [-0.3, -0.25) is 4.79 Å². The highest BCUT2D eigenvalue weighted by atomic mass is 16.5. The van der Waals surface area contributed by atoms with Gasteiger partial charge in [-0.25, -0.2) is 4.98 Å². The molecular formula is C23H23N3O3. The molecule has 6 heteroatoms. The predicted octanol–water partition coefficient (Wildman–Crippen LogP) is 3.97. The SMILES string of the molecule is COc1ccc(CCNC(=O)c2ccc(Cn3c(C)nc4ccccc43)o2)cc1. The number of rotatable bonds is 7. The molecule has 0 aliphatic carbocycles. The number of nitrogens with zero attached hydrogens (tertiary/aromatic N) is 2. The number of hydrogen-bond acceptors (Lipinski definition) is 4. The zero-order valence-electron chi connectivity index (χ0n) is 16.5. The summed E-state index contributed by atoms with van der Waals surface area (Å²) in [6.45, 7) is 3.04.